The van der Waals surface area contributed by atoms with Crippen molar-refractivity contribution in [1.82, 2.24) is 14.1 Å². The van der Waals surface area contributed by atoms with Crippen LogP contribution >= 0.6 is 11.3 Å². The molecule has 176 valence electrons. The van der Waals surface area contributed by atoms with Crippen LogP contribution < -0.4 is 10.1 Å². The minimum Gasteiger partial charge on any atom is -0.497 e. The fourth-order valence-electron chi connectivity index (χ4n) is 3.87. The number of aromatic nitrogens is 3. The normalized spacial score (nSPS) is 11.1. The SMILES string of the molecule is [C-]#[N+]c1cc(C)sc1-n1c(C)cc(C(=O)Nc2nc3ccc(OC)cc3n2COCOC)c1C. The highest BCUT2D eigenvalue weighted by Gasteiger charge is 2.22. The van der Waals surface area contributed by atoms with Crippen LogP contribution in [0.15, 0.2) is 30.3 Å². The van der Waals surface area contributed by atoms with Crippen LogP contribution in [0.25, 0.3) is 20.9 Å². The van der Waals surface area contributed by atoms with E-state index in [2.05, 4.69) is 15.1 Å². The lowest BCUT2D eigenvalue weighted by Gasteiger charge is -2.11. The van der Waals surface area contributed by atoms with Crippen LogP contribution in [0.4, 0.5) is 11.6 Å². The van der Waals surface area contributed by atoms with Gasteiger partial charge in [0.1, 0.15) is 24.3 Å². The van der Waals surface area contributed by atoms with Crippen molar-refractivity contribution < 1.29 is 19.0 Å². The molecule has 0 saturated heterocycles. The van der Waals surface area contributed by atoms with E-state index in [9.17, 15) is 4.79 Å². The Hall–Kier alpha value is -3.65. The smallest absolute Gasteiger partial charge is 0.259 e. The first-order chi connectivity index (χ1) is 16.4. The maximum absolute atomic E-state index is 13.3. The summed E-state index contributed by atoms with van der Waals surface area (Å²) < 4.78 is 19.6. The van der Waals surface area contributed by atoms with Gasteiger partial charge in [-0.25, -0.2) is 9.83 Å². The molecule has 0 fully saturated rings. The number of nitrogens with zero attached hydrogens (tertiary/aromatic N) is 4. The second-order valence-corrected chi connectivity index (χ2v) is 8.93. The van der Waals surface area contributed by atoms with E-state index >= 15 is 0 Å². The number of fused-ring (bicyclic) bond motifs is 1. The van der Waals surface area contributed by atoms with Crippen LogP contribution in [-0.2, 0) is 16.2 Å². The number of hydrogen-bond acceptors (Lipinski definition) is 6. The van der Waals surface area contributed by atoms with Crippen LogP contribution in [0.2, 0.25) is 0 Å². The number of carbonyl (C=O) groups excluding carboxylic acids is 1. The van der Waals surface area contributed by atoms with Crippen molar-refractivity contribution in [2.24, 2.45) is 0 Å². The fraction of sp³-hybridized carbons (Fsp3) is 0.292. The van der Waals surface area contributed by atoms with Crippen molar-refractivity contribution >= 4 is 39.9 Å². The van der Waals surface area contributed by atoms with Gasteiger partial charge in [0.15, 0.2) is 0 Å². The first-order valence-corrected chi connectivity index (χ1v) is 11.3. The number of hydrogen-bond donors (Lipinski definition) is 1. The molecule has 9 nitrogen and oxygen atoms in total. The first-order valence-electron chi connectivity index (χ1n) is 10.5. The maximum Gasteiger partial charge on any atom is 0.259 e. The van der Waals surface area contributed by atoms with Crippen molar-refractivity contribution in [2.45, 2.75) is 27.5 Å². The van der Waals surface area contributed by atoms with Crippen molar-refractivity contribution in [3.63, 3.8) is 0 Å². The number of thiophene rings is 1. The van der Waals surface area contributed by atoms with E-state index in [1.807, 2.05) is 55.7 Å². The summed E-state index contributed by atoms with van der Waals surface area (Å²) in [6.45, 7) is 13.5. The summed E-state index contributed by atoms with van der Waals surface area (Å²) >= 11 is 1.53. The number of rotatable bonds is 8. The minimum atomic E-state index is -0.299. The molecular formula is C24H25N5O4S. The second-order valence-electron chi connectivity index (χ2n) is 7.69. The monoisotopic (exact) mass is 479 g/mol. The molecule has 1 N–H and O–H groups in total. The zero-order chi connectivity index (χ0) is 24.4. The molecule has 0 unspecified atom stereocenters. The molecule has 3 heterocycles. The lowest BCUT2D eigenvalue weighted by Crippen LogP contribution is -2.17. The third-order valence-corrected chi connectivity index (χ3v) is 6.44. The van der Waals surface area contributed by atoms with E-state index in [-0.39, 0.29) is 19.4 Å². The molecule has 4 aromatic rings. The average Bonchev–Trinajstić information content (AvgIpc) is 3.45. The van der Waals surface area contributed by atoms with E-state index in [1.54, 1.807) is 18.8 Å². The van der Waals surface area contributed by atoms with Crippen LogP contribution in [-0.4, -0.2) is 41.0 Å². The van der Waals surface area contributed by atoms with Gasteiger partial charge in [0.25, 0.3) is 5.91 Å². The highest BCUT2D eigenvalue weighted by Crippen LogP contribution is 2.36. The van der Waals surface area contributed by atoms with Gasteiger partial charge in [-0.2, -0.15) is 0 Å². The Balaban J connectivity index is 1.71. The molecular weight excluding hydrogens is 454 g/mol. The van der Waals surface area contributed by atoms with Gasteiger partial charge in [0.05, 0.1) is 30.3 Å². The summed E-state index contributed by atoms with van der Waals surface area (Å²) in [4.78, 5) is 22.6. The molecule has 4 rings (SSSR count). The summed E-state index contributed by atoms with van der Waals surface area (Å²) in [5.41, 5.74) is 4.15. The van der Waals surface area contributed by atoms with Gasteiger partial charge in [-0.05, 0) is 49.9 Å². The molecule has 0 aliphatic carbocycles. The number of carbonyl (C=O) groups is 1. The largest absolute Gasteiger partial charge is 0.497 e. The minimum absolute atomic E-state index is 0.0990. The van der Waals surface area contributed by atoms with Gasteiger partial charge >= 0.3 is 0 Å². The van der Waals surface area contributed by atoms with Gasteiger partial charge in [0.2, 0.25) is 11.6 Å². The molecule has 1 amide bonds. The first kappa shape index (κ1) is 23.5. The number of ether oxygens (including phenoxy) is 3. The number of anilines is 1. The zero-order valence-electron chi connectivity index (χ0n) is 19.6. The predicted octanol–water partition coefficient (Wildman–Crippen LogP) is 5.20. The molecule has 0 saturated carbocycles. The lowest BCUT2D eigenvalue weighted by atomic mass is 10.2. The molecule has 3 aromatic heterocycles. The number of nitrogens with one attached hydrogen (secondary N) is 1. The average molecular weight is 480 g/mol. The molecule has 1 aromatic carbocycles. The summed E-state index contributed by atoms with van der Waals surface area (Å²) in [6.07, 6.45) is 0. The number of aryl methyl sites for hydroxylation is 2. The number of benzene rings is 1. The van der Waals surface area contributed by atoms with Crippen molar-refractivity contribution in [1.29, 1.82) is 0 Å². The number of methoxy groups -OCH3 is 2. The zero-order valence-corrected chi connectivity index (χ0v) is 20.4. The van der Waals surface area contributed by atoms with Gasteiger partial charge in [-0.1, -0.05) is 0 Å². The molecule has 10 heteroatoms. The van der Waals surface area contributed by atoms with Crippen molar-refractivity contribution in [2.75, 3.05) is 26.3 Å². The highest BCUT2D eigenvalue weighted by molar-refractivity contribution is 7.15. The lowest BCUT2D eigenvalue weighted by molar-refractivity contribution is -0.0575. The Bertz CT molecular complexity index is 1410. The standard InChI is InChI=1S/C24H25N5O4S/c1-14-9-18(16(3)29(14)23-20(25-4)10-15(2)34-23)22(30)27-24-26-19-8-7-17(32-6)11-21(19)28(24)12-33-13-31-5/h7-11H,12-13H2,1-3,5-6H3,(H,26,27,30). The second kappa shape index (κ2) is 9.69. The molecule has 0 aliphatic rings. The van der Waals surface area contributed by atoms with Crippen LogP contribution in [0.5, 0.6) is 5.75 Å². The van der Waals surface area contributed by atoms with Crippen molar-refractivity contribution in [3.05, 3.63) is 63.6 Å². The Kier molecular flexibility index (Phi) is 6.70. The molecule has 0 radical (unpaired) electrons. The third kappa shape index (κ3) is 4.28. The third-order valence-electron chi connectivity index (χ3n) is 5.42. The molecule has 0 bridgehead atoms. The van der Waals surface area contributed by atoms with E-state index < -0.39 is 0 Å². The highest BCUT2D eigenvalue weighted by atomic mass is 32.1. The summed E-state index contributed by atoms with van der Waals surface area (Å²) in [5.74, 6) is 0.721. The van der Waals surface area contributed by atoms with Gasteiger partial charge in [-0.3, -0.25) is 14.7 Å². The summed E-state index contributed by atoms with van der Waals surface area (Å²) in [7, 11) is 3.14. The summed E-state index contributed by atoms with van der Waals surface area (Å²) in [5, 5.41) is 3.74. The van der Waals surface area contributed by atoms with Crippen molar-refractivity contribution in [3.8, 4) is 10.8 Å². The Morgan fingerprint density at radius 2 is 2.00 bits per heavy atom. The van der Waals surface area contributed by atoms with Gasteiger partial charge < -0.3 is 18.8 Å². The number of imidazole rings is 1. The Morgan fingerprint density at radius 1 is 1.21 bits per heavy atom. The van der Waals surface area contributed by atoms with Crippen LogP contribution in [0, 0.1) is 27.3 Å². The predicted molar refractivity (Wildman–Crippen MR) is 131 cm³/mol. The van der Waals surface area contributed by atoms with E-state index in [0.29, 0.717) is 28.5 Å². The fourth-order valence-corrected chi connectivity index (χ4v) is 4.93. The van der Waals surface area contributed by atoms with E-state index in [0.717, 1.165) is 26.8 Å². The Labute approximate surface area is 201 Å². The molecule has 0 spiro atoms. The quantitative estimate of drug-likeness (QED) is 0.213. The van der Waals surface area contributed by atoms with Gasteiger partial charge in [0, 0.05) is 24.6 Å². The van der Waals surface area contributed by atoms with Crippen LogP contribution in [0.1, 0.15) is 26.6 Å². The van der Waals surface area contributed by atoms with E-state index in [4.69, 9.17) is 20.8 Å². The molecule has 0 atom stereocenters. The van der Waals surface area contributed by atoms with E-state index in [1.165, 1.54) is 11.3 Å². The maximum atomic E-state index is 13.3. The molecule has 34 heavy (non-hydrogen) atoms. The van der Waals surface area contributed by atoms with Gasteiger partial charge in [-0.15, -0.1) is 11.3 Å². The Morgan fingerprint density at radius 3 is 2.71 bits per heavy atom. The van der Waals surface area contributed by atoms with Crippen LogP contribution in [0.3, 0.4) is 0 Å². The topological polar surface area (TPSA) is 83.9 Å². The molecule has 0 aliphatic heterocycles. The number of amides is 1. The summed E-state index contributed by atoms with van der Waals surface area (Å²) in [6, 6.07) is 9.17.